The Bertz CT molecular complexity index is 489. The molecule has 1 N–H and O–H groups in total. The van der Waals surface area contributed by atoms with Gasteiger partial charge in [-0.3, -0.25) is 0 Å². The van der Waals surface area contributed by atoms with Crippen LogP contribution in [0.5, 0.6) is 0 Å². The molecule has 1 atom stereocenters. The largest absolute Gasteiger partial charge is 0.316 e. The van der Waals surface area contributed by atoms with Gasteiger partial charge in [-0.05, 0) is 49.4 Å². The summed E-state index contributed by atoms with van der Waals surface area (Å²) in [6.07, 6.45) is 3.57. The Kier molecular flexibility index (Phi) is 6.28. The van der Waals surface area contributed by atoms with Crippen molar-refractivity contribution < 1.29 is 0 Å². The lowest BCUT2D eigenvalue weighted by Gasteiger charge is -2.17. The maximum Gasteiger partial charge on any atom is 0.00484 e. The van der Waals surface area contributed by atoms with E-state index in [4.69, 9.17) is 0 Å². The molecule has 108 valence electrons. The number of aryl methyl sites for hydroxylation is 2. The first-order valence-electron chi connectivity index (χ1n) is 7.66. The molecule has 1 aromatic carbocycles. The molecule has 1 nitrogen and oxygen atoms in total. The van der Waals surface area contributed by atoms with Crippen molar-refractivity contribution in [1.29, 1.82) is 0 Å². The van der Waals surface area contributed by atoms with E-state index in [0.29, 0.717) is 5.92 Å². The molecule has 1 heterocycles. The molecular weight excluding hydrogens is 262 g/mol. The van der Waals surface area contributed by atoms with Gasteiger partial charge in [-0.1, -0.05) is 44.2 Å². The Morgan fingerprint density at radius 2 is 1.75 bits per heavy atom. The smallest absolute Gasteiger partial charge is 0.00484 e. The first-order valence-corrected chi connectivity index (χ1v) is 8.48. The van der Waals surface area contributed by atoms with Gasteiger partial charge in [-0.2, -0.15) is 0 Å². The molecule has 20 heavy (non-hydrogen) atoms. The second-order valence-electron chi connectivity index (χ2n) is 5.18. The highest BCUT2D eigenvalue weighted by molar-refractivity contribution is 7.11. The third kappa shape index (κ3) is 4.46. The summed E-state index contributed by atoms with van der Waals surface area (Å²) in [5.74, 6) is 0.614. The molecule has 1 unspecified atom stereocenters. The van der Waals surface area contributed by atoms with Crippen molar-refractivity contribution in [3.63, 3.8) is 0 Å². The van der Waals surface area contributed by atoms with Crippen molar-refractivity contribution >= 4 is 11.3 Å². The van der Waals surface area contributed by atoms with E-state index in [2.05, 4.69) is 61.6 Å². The summed E-state index contributed by atoms with van der Waals surface area (Å²) in [7, 11) is 0. The molecule has 0 amide bonds. The van der Waals surface area contributed by atoms with E-state index < -0.39 is 0 Å². The highest BCUT2D eigenvalue weighted by Gasteiger charge is 2.11. The van der Waals surface area contributed by atoms with Gasteiger partial charge in [0.25, 0.3) is 0 Å². The lowest BCUT2D eigenvalue weighted by molar-refractivity contribution is 0.563. The molecule has 0 aliphatic carbocycles. The molecule has 0 fully saturated rings. The van der Waals surface area contributed by atoms with Crippen molar-refractivity contribution in [2.24, 2.45) is 0 Å². The number of nitrogens with one attached hydrogen (secondary N) is 1. The van der Waals surface area contributed by atoms with Crippen molar-refractivity contribution in [1.82, 2.24) is 5.32 Å². The fourth-order valence-corrected chi connectivity index (χ4v) is 3.47. The number of hydrogen-bond donors (Lipinski definition) is 1. The third-order valence-electron chi connectivity index (χ3n) is 3.72. The Morgan fingerprint density at radius 3 is 2.40 bits per heavy atom. The first kappa shape index (κ1) is 15.3. The van der Waals surface area contributed by atoms with E-state index in [9.17, 15) is 0 Å². The SMILES string of the molecule is CCNCC(CCc1ccc(CC)s1)c1ccccc1. The van der Waals surface area contributed by atoms with Gasteiger partial charge in [0.15, 0.2) is 0 Å². The van der Waals surface area contributed by atoms with E-state index in [1.165, 1.54) is 28.2 Å². The zero-order chi connectivity index (χ0) is 14.2. The molecule has 2 rings (SSSR count). The highest BCUT2D eigenvalue weighted by atomic mass is 32.1. The summed E-state index contributed by atoms with van der Waals surface area (Å²) in [5.41, 5.74) is 1.46. The monoisotopic (exact) mass is 287 g/mol. The molecule has 1 aromatic heterocycles. The summed E-state index contributed by atoms with van der Waals surface area (Å²) in [5, 5.41) is 3.50. The van der Waals surface area contributed by atoms with Gasteiger partial charge in [0.2, 0.25) is 0 Å². The maximum absolute atomic E-state index is 3.50. The molecular formula is C18H25NS. The molecule has 0 radical (unpaired) electrons. The summed E-state index contributed by atoms with van der Waals surface area (Å²) in [6, 6.07) is 15.5. The standard InChI is InChI=1S/C18H25NS/c1-3-17-12-13-18(20-17)11-10-16(14-19-4-2)15-8-6-5-7-9-15/h5-9,12-13,16,19H,3-4,10-11,14H2,1-2H3. The van der Waals surface area contributed by atoms with E-state index in [1.807, 2.05) is 11.3 Å². The number of rotatable bonds is 8. The molecule has 2 heteroatoms. The average Bonchev–Trinajstić information content (AvgIpc) is 2.96. The van der Waals surface area contributed by atoms with Gasteiger partial charge in [-0.15, -0.1) is 11.3 Å². The van der Waals surface area contributed by atoms with E-state index in [1.54, 1.807) is 0 Å². The van der Waals surface area contributed by atoms with Crippen LogP contribution in [0.4, 0.5) is 0 Å². The quantitative estimate of drug-likeness (QED) is 0.746. The second-order valence-corrected chi connectivity index (χ2v) is 6.43. The Morgan fingerprint density at radius 1 is 1.00 bits per heavy atom. The minimum Gasteiger partial charge on any atom is -0.316 e. The zero-order valence-electron chi connectivity index (χ0n) is 12.6. The third-order valence-corrected chi connectivity index (χ3v) is 5.01. The minimum absolute atomic E-state index is 0.614. The van der Waals surface area contributed by atoms with Crippen LogP contribution in [0, 0.1) is 0 Å². The van der Waals surface area contributed by atoms with Crippen molar-refractivity contribution in [2.45, 2.75) is 39.0 Å². The molecule has 0 aliphatic rings. The normalized spacial score (nSPS) is 12.5. The summed E-state index contributed by atoms with van der Waals surface area (Å²) in [6.45, 7) is 6.53. The van der Waals surface area contributed by atoms with Gasteiger partial charge in [0.05, 0.1) is 0 Å². The van der Waals surface area contributed by atoms with Crippen molar-refractivity contribution in [2.75, 3.05) is 13.1 Å². The van der Waals surface area contributed by atoms with Gasteiger partial charge in [0, 0.05) is 16.3 Å². The van der Waals surface area contributed by atoms with Gasteiger partial charge in [-0.25, -0.2) is 0 Å². The van der Waals surface area contributed by atoms with Gasteiger partial charge in [0.1, 0.15) is 0 Å². The molecule has 0 bridgehead atoms. The molecule has 0 spiro atoms. The predicted molar refractivity (Wildman–Crippen MR) is 89.7 cm³/mol. The van der Waals surface area contributed by atoms with Crippen molar-refractivity contribution in [3.8, 4) is 0 Å². The molecule has 0 saturated carbocycles. The first-order chi connectivity index (χ1) is 9.83. The number of likely N-dealkylation sites (N-methyl/N-ethyl adjacent to an activating group) is 1. The fourth-order valence-electron chi connectivity index (χ4n) is 2.49. The maximum atomic E-state index is 3.50. The van der Waals surface area contributed by atoms with Crippen LogP contribution in [-0.4, -0.2) is 13.1 Å². The fraction of sp³-hybridized carbons (Fsp3) is 0.444. The van der Waals surface area contributed by atoms with Crippen LogP contribution in [0.2, 0.25) is 0 Å². The van der Waals surface area contributed by atoms with E-state index in [-0.39, 0.29) is 0 Å². The highest BCUT2D eigenvalue weighted by Crippen LogP contribution is 2.24. The van der Waals surface area contributed by atoms with Crippen LogP contribution in [0.15, 0.2) is 42.5 Å². The van der Waals surface area contributed by atoms with Gasteiger partial charge >= 0.3 is 0 Å². The summed E-state index contributed by atoms with van der Waals surface area (Å²) >= 11 is 1.97. The topological polar surface area (TPSA) is 12.0 Å². The van der Waals surface area contributed by atoms with Crippen LogP contribution in [0.3, 0.4) is 0 Å². The van der Waals surface area contributed by atoms with Gasteiger partial charge < -0.3 is 5.32 Å². The Labute approximate surface area is 127 Å². The Balaban J connectivity index is 1.97. The second kappa shape index (κ2) is 8.23. The van der Waals surface area contributed by atoms with Crippen LogP contribution in [0.1, 0.15) is 41.5 Å². The summed E-state index contributed by atoms with van der Waals surface area (Å²) in [4.78, 5) is 3.03. The number of benzene rings is 1. The predicted octanol–water partition coefficient (Wildman–Crippen LogP) is 4.64. The zero-order valence-corrected chi connectivity index (χ0v) is 13.4. The molecule has 0 aliphatic heterocycles. The number of thiophene rings is 1. The lowest BCUT2D eigenvalue weighted by Crippen LogP contribution is -2.21. The molecule has 0 saturated heterocycles. The lowest BCUT2D eigenvalue weighted by atomic mass is 9.94. The van der Waals surface area contributed by atoms with Crippen LogP contribution in [-0.2, 0) is 12.8 Å². The summed E-state index contributed by atoms with van der Waals surface area (Å²) < 4.78 is 0. The molecule has 2 aromatic rings. The average molecular weight is 287 g/mol. The van der Waals surface area contributed by atoms with E-state index >= 15 is 0 Å². The van der Waals surface area contributed by atoms with Crippen molar-refractivity contribution in [3.05, 3.63) is 57.8 Å². The van der Waals surface area contributed by atoms with E-state index in [0.717, 1.165) is 19.5 Å². The van der Waals surface area contributed by atoms with Crippen LogP contribution in [0.25, 0.3) is 0 Å². The van der Waals surface area contributed by atoms with Crippen LogP contribution >= 0.6 is 11.3 Å². The number of hydrogen-bond acceptors (Lipinski definition) is 2. The van der Waals surface area contributed by atoms with Crippen LogP contribution < -0.4 is 5.32 Å². The minimum atomic E-state index is 0.614. The Hall–Kier alpha value is -1.12.